The Labute approximate surface area is 81.6 Å². The molecule has 0 unspecified atom stereocenters. The third-order valence-electron chi connectivity index (χ3n) is 2.08. The lowest BCUT2D eigenvalue weighted by atomic mass is 9.86. The molecule has 0 aromatic heterocycles. The summed E-state index contributed by atoms with van der Waals surface area (Å²) in [6, 6.07) is 0. The molecule has 0 bridgehead atoms. The Morgan fingerprint density at radius 1 is 1.43 bits per heavy atom. The number of hydrogen-bond donors (Lipinski definition) is 1. The molecule has 1 N–H and O–H groups in total. The van der Waals surface area contributed by atoms with Crippen molar-refractivity contribution >= 4 is 11.8 Å². The van der Waals surface area contributed by atoms with Crippen molar-refractivity contribution in [2.24, 2.45) is 0 Å². The number of aliphatic hydroxyl groups is 1. The molecule has 1 rings (SSSR count). The van der Waals surface area contributed by atoms with Gasteiger partial charge in [0, 0.05) is 12.4 Å². The van der Waals surface area contributed by atoms with Crippen LogP contribution >= 0.6 is 0 Å². The number of carboxylic acid groups (broad SMARTS) is 1. The molecule has 14 heavy (non-hydrogen) atoms. The van der Waals surface area contributed by atoms with Gasteiger partial charge in [0.25, 0.3) is 0 Å². The smallest absolute Gasteiger partial charge is 0.184 e. The van der Waals surface area contributed by atoms with E-state index in [1.54, 1.807) is 13.8 Å². The second-order valence-electron chi connectivity index (χ2n) is 3.52. The molecule has 0 amide bonds. The van der Waals surface area contributed by atoms with Crippen LogP contribution < -0.4 is 5.11 Å². The summed E-state index contributed by atoms with van der Waals surface area (Å²) in [6.07, 6.45) is 1.96. The minimum absolute atomic E-state index is 0.173. The number of Topliss-reactive ketones (excluding diaryl/α,β-unsaturated/α-hetero) is 1. The van der Waals surface area contributed by atoms with Crippen LogP contribution in [-0.2, 0) is 9.59 Å². The number of hydrogen-bond acceptors (Lipinski definition) is 4. The summed E-state index contributed by atoms with van der Waals surface area (Å²) in [5.41, 5.74) is -0.872. The highest BCUT2D eigenvalue weighted by Gasteiger charge is 2.28. The van der Waals surface area contributed by atoms with Gasteiger partial charge in [0.15, 0.2) is 5.78 Å². The molecule has 0 saturated heterocycles. The molecule has 1 aliphatic carbocycles. The number of aliphatic carboxylic acids is 1. The second kappa shape index (κ2) is 3.38. The van der Waals surface area contributed by atoms with Gasteiger partial charge in [-0.2, -0.15) is 0 Å². The molecule has 0 heterocycles. The van der Waals surface area contributed by atoms with Gasteiger partial charge >= 0.3 is 0 Å². The van der Waals surface area contributed by atoms with E-state index in [-0.39, 0.29) is 5.78 Å². The molecule has 76 valence electrons. The van der Waals surface area contributed by atoms with Crippen molar-refractivity contribution in [3.8, 4) is 0 Å². The molecule has 4 heteroatoms. The van der Waals surface area contributed by atoms with E-state index < -0.39 is 18.0 Å². The molecule has 0 aromatic carbocycles. The summed E-state index contributed by atoms with van der Waals surface area (Å²) < 4.78 is 0. The number of rotatable bonds is 2. The second-order valence-corrected chi connectivity index (χ2v) is 3.52. The third kappa shape index (κ3) is 2.09. The molecule has 0 fully saturated rings. The van der Waals surface area contributed by atoms with E-state index >= 15 is 0 Å². The largest absolute Gasteiger partial charge is 0.550 e. The highest BCUT2D eigenvalue weighted by Crippen LogP contribution is 2.25. The number of carboxylic acids is 1. The summed E-state index contributed by atoms with van der Waals surface area (Å²) in [6.45, 7) is 3.08. The number of allylic oxidation sites excluding steroid dienone is 2. The minimum Gasteiger partial charge on any atom is -0.550 e. The third-order valence-corrected chi connectivity index (χ3v) is 2.08. The Balaban J connectivity index is 3.02. The summed E-state index contributed by atoms with van der Waals surface area (Å²) in [5.74, 6) is -1.53. The van der Waals surface area contributed by atoms with Gasteiger partial charge in [-0.25, -0.2) is 0 Å². The highest BCUT2D eigenvalue weighted by atomic mass is 16.4. The zero-order chi connectivity index (χ0) is 10.9. The molecule has 0 atom stereocenters. The fourth-order valence-electron chi connectivity index (χ4n) is 1.57. The van der Waals surface area contributed by atoms with Crippen molar-refractivity contribution < 1.29 is 19.8 Å². The first-order valence-corrected chi connectivity index (χ1v) is 4.20. The van der Waals surface area contributed by atoms with E-state index in [2.05, 4.69) is 0 Å². The van der Waals surface area contributed by atoms with Crippen LogP contribution in [0.2, 0.25) is 0 Å². The maximum atomic E-state index is 11.3. The molecular formula is C10H11O4-. The van der Waals surface area contributed by atoms with Crippen molar-refractivity contribution in [1.82, 2.24) is 0 Å². The fourth-order valence-corrected chi connectivity index (χ4v) is 1.57. The maximum absolute atomic E-state index is 11.3. The topological polar surface area (TPSA) is 77.4 Å². The first-order chi connectivity index (χ1) is 6.34. The predicted molar refractivity (Wildman–Crippen MR) is 47.1 cm³/mol. The van der Waals surface area contributed by atoms with Gasteiger partial charge in [0.05, 0.1) is 0 Å². The van der Waals surface area contributed by atoms with Crippen LogP contribution in [0.1, 0.15) is 20.3 Å². The van der Waals surface area contributed by atoms with Gasteiger partial charge in [0.1, 0.15) is 5.60 Å². The van der Waals surface area contributed by atoms with Crippen molar-refractivity contribution in [2.75, 3.05) is 0 Å². The van der Waals surface area contributed by atoms with E-state index in [1.165, 1.54) is 12.2 Å². The van der Waals surface area contributed by atoms with Crippen molar-refractivity contribution in [2.45, 2.75) is 25.9 Å². The zero-order valence-corrected chi connectivity index (χ0v) is 8.03. The first-order valence-electron chi connectivity index (χ1n) is 4.20. The zero-order valence-electron chi connectivity index (χ0n) is 8.03. The summed E-state index contributed by atoms with van der Waals surface area (Å²) in [4.78, 5) is 21.6. The standard InChI is InChI=1S/C10H12O4/c1-6-3-10(14,5-8(11)12)4-7(2)9(6)13/h3-4,14H,5H2,1-2H3,(H,11,12)/p-1. The lowest BCUT2D eigenvalue weighted by Crippen LogP contribution is -2.37. The Morgan fingerprint density at radius 3 is 2.21 bits per heavy atom. The summed E-state index contributed by atoms with van der Waals surface area (Å²) >= 11 is 0. The first kappa shape index (κ1) is 10.7. The monoisotopic (exact) mass is 195 g/mol. The summed E-state index contributed by atoms with van der Waals surface area (Å²) in [7, 11) is 0. The van der Waals surface area contributed by atoms with Crippen LogP contribution in [0.3, 0.4) is 0 Å². The minimum atomic E-state index is -1.58. The molecule has 0 aromatic rings. The van der Waals surface area contributed by atoms with E-state index in [1.807, 2.05) is 0 Å². The lowest BCUT2D eigenvalue weighted by molar-refractivity contribution is -0.307. The van der Waals surface area contributed by atoms with E-state index in [0.29, 0.717) is 11.1 Å². The molecular weight excluding hydrogens is 184 g/mol. The van der Waals surface area contributed by atoms with Crippen LogP contribution in [0, 0.1) is 0 Å². The molecule has 1 aliphatic rings. The van der Waals surface area contributed by atoms with Gasteiger partial charge in [-0.05, 0) is 37.1 Å². The van der Waals surface area contributed by atoms with Crippen molar-refractivity contribution in [1.29, 1.82) is 0 Å². The summed E-state index contributed by atoms with van der Waals surface area (Å²) in [5, 5.41) is 20.1. The fraction of sp³-hybridized carbons (Fsp3) is 0.400. The van der Waals surface area contributed by atoms with Crippen LogP contribution in [-0.4, -0.2) is 22.5 Å². The van der Waals surface area contributed by atoms with Crippen molar-refractivity contribution in [3.63, 3.8) is 0 Å². The molecule has 0 radical (unpaired) electrons. The van der Waals surface area contributed by atoms with Gasteiger partial charge in [-0.3, -0.25) is 4.79 Å². The van der Waals surface area contributed by atoms with E-state index in [4.69, 9.17) is 0 Å². The van der Waals surface area contributed by atoms with Crippen LogP contribution in [0.25, 0.3) is 0 Å². The molecule has 0 saturated carbocycles. The number of carbonyl (C=O) groups excluding carboxylic acids is 2. The van der Waals surface area contributed by atoms with Gasteiger partial charge in [0.2, 0.25) is 0 Å². The van der Waals surface area contributed by atoms with Crippen LogP contribution in [0.4, 0.5) is 0 Å². The lowest BCUT2D eigenvalue weighted by Gasteiger charge is -2.26. The van der Waals surface area contributed by atoms with Gasteiger partial charge in [-0.15, -0.1) is 0 Å². The van der Waals surface area contributed by atoms with Gasteiger partial charge in [-0.1, -0.05) is 0 Å². The Kier molecular flexibility index (Phi) is 2.57. The van der Waals surface area contributed by atoms with E-state index in [9.17, 15) is 19.8 Å². The maximum Gasteiger partial charge on any atom is 0.184 e. The predicted octanol–water partition coefficient (Wildman–Crippen LogP) is -0.667. The Bertz CT molecular complexity index is 327. The molecule has 4 nitrogen and oxygen atoms in total. The normalized spacial score (nSPS) is 20.1. The Hall–Kier alpha value is -1.42. The molecule has 0 spiro atoms. The van der Waals surface area contributed by atoms with Gasteiger partial charge < -0.3 is 15.0 Å². The Morgan fingerprint density at radius 2 is 1.86 bits per heavy atom. The molecule has 0 aliphatic heterocycles. The van der Waals surface area contributed by atoms with Crippen LogP contribution in [0.15, 0.2) is 23.3 Å². The average molecular weight is 195 g/mol. The number of ketones is 1. The SMILES string of the molecule is CC1=CC(O)(CC(=O)[O-])C=C(C)C1=O. The van der Waals surface area contributed by atoms with Crippen molar-refractivity contribution in [3.05, 3.63) is 23.3 Å². The quantitative estimate of drug-likeness (QED) is 0.634. The number of carbonyl (C=O) groups is 2. The van der Waals surface area contributed by atoms with E-state index in [0.717, 1.165) is 0 Å². The van der Waals surface area contributed by atoms with Crippen LogP contribution in [0.5, 0.6) is 0 Å². The highest BCUT2D eigenvalue weighted by molar-refractivity contribution is 6.08. The average Bonchev–Trinajstić information content (AvgIpc) is 1.97.